The summed E-state index contributed by atoms with van der Waals surface area (Å²) in [6.45, 7) is 2.23. The van der Waals surface area contributed by atoms with E-state index >= 15 is 0 Å². The molecule has 0 aromatic heterocycles. The Labute approximate surface area is 177 Å². The minimum atomic E-state index is -1.19. The Morgan fingerprint density at radius 1 is 0.857 bits per heavy atom. The van der Waals surface area contributed by atoms with Crippen LogP contribution >= 0.6 is 15.9 Å². The minimum absolute atomic E-state index is 0.664. The summed E-state index contributed by atoms with van der Waals surface area (Å²) in [5.74, 6) is 0. The van der Waals surface area contributed by atoms with E-state index in [-0.39, 0.29) is 0 Å². The van der Waals surface area contributed by atoms with E-state index < -0.39 is 5.60 Å². The molecule has 28 heavy (non-hydrogen) atoms. The zero-order valence-corrected chi connectivity index (χ0v) is 17.8. The first kappa shape index (κ1) is 19.5. The monoisotopic (exact) mass is 430 g/mol. The van der Waals surface area contributed by atoms with E-state index in [0.29, 0.717) is 5.46 Å². The number of hydrogen-bond acceptors (Lipinski definition) is 1. The van der Waals surface area contributed by atoms with Gasteiger partial charge in [-0.15, -0.1) is 0 Å². The van der Waals surface area contributed by atoms with Crippen molar-refractivity contribution < 1.29 is 5.11 Å². The van der Waals surface area contributed by atoms with Crippen LogP contribution in [-0.2, 0) is 12.0 Å². The molecule has 1 atom stereocenters. The average molecular weight is 431 g/mol. The molecule has 1 aliphatic carbocycles. The van der Waals surface area contributed by atoms with E-state index in [2.05, 4.69) is 53.2 Å². The average Bonchev–Trinajstić information content (AvgIpc) is 2.94. The number of benzene rings is 3. The fourth-order valence-corrected chi connectivity index (χ4v) is 4.63. The van der Waals surface area contributed by atoms with E-state index in [4.69, 9.17) is 7.85 Å². The molecular formula is C25H24BBrO. The smallest absolute Gasteiger partial charge is 0.141 e. The van der Waals surface area contributed by atoms with E-state index in [1.165, 1.54) is 31.2 Å². The van der Waals surface area contributed by atoms with Gasteiger partial charge in [-0.25, -0.2) is 0 Å². The maximum Gasteiger partial charge on any atom is 0.141 e. The highest BCUT2D eigenvalue weighted by Gasteiger charge is 2.43. The molecule has 0 amide bonds. The van der Waals surface area contributed by atoms with Crippen molar-refractivity contribution in [1.82, 2.24) is 0 Å². The SMILES string of the molecule is [B]c1ccc2c(c1)C(O)(c1ccc(CCCCCC)cc1)c1cc(Br)ccc1-2. The molecule has 3 aromatic carbocycles. The first-order valence-corrected chi connectivity index (χ1v) is 10.9. The predicted octanol–water partition coefficient (Wildman–Crippen LogP) is 5.63. The topological polar surface area (TPSA) is 20.2 Å². The van der Waals surface area contributed by atoms with Crippen LogP contribution in [0.2, 0.25) is 0 Å². The molecule has 0 heterocycles. The van der Waals surface area contributed by atoms with Gasteiger partial charge in [0.05, 0.1) is 0 Å². The molecule has 4 rings (SSSR count). The number of halogens is 1. The Morgan fingerprint density at radius 3 is 2.25 bits per heavy atom. The summed E-state index contributed by atoms with van der Waals surface area (Å²) in [6.07, 6.45) is 6.12. The highest BCUT2D eigenvalue weighted by molar-refractivity contribution is 9.10. The van der Waals surface area contributed by atoms with E-state index in [0.717, 1.165) is 38.7 Å². The molecule has 0 saturated carbocycles. The largest absolute Gasteiger partial charge is 0.376 e. The Bertz CT molecular complexity index is 942. The van der Waals surface area contributed by atoms with Gasteiger partial charge >= 0.3 is 0 Å². The lowest BCUT2D eigenvalue weighted by Gasteiger charge is -2.27. The van der Waals surface area contributed by atoms with Gasteiger partial charge < -0.3 is 5.11 Å². The quantitative estimate of drug-likeness (QED) is 0.396. The minimum Gasteiger partial charge on any atom is -0.376 e. The summed E-state index contributed by atoms with van der Waals surface area (Å²) in [4.78, 5) is 0. The van der Waals surface area contributed by atoms with Gasteiger partial charge in [0.2, 0.25) is 0 Å². The van der Waals surface area contributed by atoms with E-state index in [9.17, 15) is 5.11 Å². The molecule has 3 aromatic rings. The molecule has 0 fully saturated rings. The van der Waals surface area contributed by atoms with Crippen LogP contribution in [0.3, 0.4) is 0 Å². The van der Waals surface area contributed by atoms with Gasteiger partial charge in [-0.2, -0.15) is 0 Å². The van der Waals surface area contributed by atoms with Crippen molar-refractivity contribution in [3.8, 4) is 11.1 Å². The van der Waals surface area contributed by atoms with Crippen LogP contribution in [0.15, 0.2) is 65.1 Å². The molecule has 0 saturated heterocycles. The van der Waals surface area contributed by atoms with E-state index in [1.807, 2.05) is 30.3 Å². The Morgan fingerprint density at radius 2 is 1.54 bits per heavy atom. The molecule has 1 nitrogen and oxygen atoms in total. The fraction of sp³-hybridized carbons (Fsp3) is 0.280. The molecule has 0 aliphatic heterocycles. The van der Waals surface area contributed by atoms with Crippen LogP contribution in [-0.4, -0.2) is 13.0 Å². The molecule has 3 heteroatoms. The first-order valence-electron chi connectivity index (χ1n) is 10.1. The van der Waals surface area contributed by atoms with Crippen LogP contribution in [0.25, 0.3) is 11.1 Å². The Hall–Kier alpha value is -1.84. The lowest BCUT2D eigenvalue weighted by Crippen LogP contribution is -2.27. The van der Waals surface area contributed by atoms with Crippen molar-refractivity contribution in [3.63, 3.8) is 0 Å². The highest BCUT2D eigenvalue weighted by atomic mass is 79.9. The predicted molar refractivity (Wildman–Crippen MR) is 121 cm³/mol. The zero-order chi connectivity index (χ0) is 19.7. The lowest BCUT2D eigenvalue weighted by molar-refractivity contribution is 0.131. The third kappa shape index (κ3) is 3.36. The van der Waals surface area contributed by atoms with Crippen LogP contribution in [0.1, 0.15) is 54.9 Å². The van der Waals surface area contributed by atoms with Gasteiger partial charge in [0.25, 0.3) is 0 Å². The number of fused-ring (bicyclic) bond motifs is 3. The molecule has 140 valence electrons. The Kier molecular flexibility index (Phi) is 5.49. The van der Waals surface area contributed by atoms with Crippen molar-refractivity contribution >= 4 is 29.2 Å². The molecule has 2 radical (unpaired) electrons. The van der Waals surface area contributed by atoms with Crippen molar-refractivity contribution in [2.75, 3.05) is 0 Å². The number of hydrogen-bond donors (Lipinski definition) is 1. The molecular weight excluding hydrogens is 407 g/mol. The maximum absolute atomic E-state index is 12.0. The van der Waals surface area contributed by atoms with Gasteiger partial charge in [-0.05, 0) is 52.8 Å². The van der Waals surface area contributed by atoms with Crippen LogP contribution in [0, 0.1) is 0 Å². The number of aryl methyl sites for hydroxylation is 1. The molecule has 0 spiro atoms. The van der Waals surface area contributed by atoms with Crippen LogP contribution < -0.4 is 5.46 Å². The van der Waals surface area contributed by atoms with Crippen LogP contribution in [0.5, 0.6) is 0 Å². The van der Waals surface area contributed by atoms with Crippen LogP contribution in [0.4, 0.5) is 0 Å². The van der Waals surface area contributed by atoms with Gasteiger partial charge in [0.15, 0.2) is 0 Å². The second-order valence-electron chi connectivity index (χ2n) is 7.71. The molecule has 1 N–H and O–H groups in total. The molecule has 1 aliphatic rings. The summed E-state index contributed by atoms with van der Waals surface area (Å²) in [6, 6.07) is 20.4. The second-order valence-corrected chi connectivity index (χ2v) is 8.63. The second kappa shape index (κ2) is 7.89. The summed E-state index contributed by atoms with van der Waals surface area (Å²) in [7, 11) is 6.08. The third-order valence-corrected chi connectivity index (χ3v) is 6.28. The number of rotatable bonds is 6. The summed E-state index contributed by atoms with van der Waals surface area (Å²) in [5.41, 5.74) is 5.54. The van der Waals surface area contributed by atoms with E-state index in [1.54, 1.807) is 0 Å². The van der Waals surface area contributed by atoms with Crippen molar-refractivity contribution in [2.45, 2.75) is 44.6 Å². The van der Waals surface area contributed by atoms with Gasteiger partial charge in [-0.3, -0.25) is 0 Å². The molecule has 1 unspecified atom stereocenters. The fourth-order valence-electron chi connectivity index (χ4n) is 4.27. The Balaban J connectivity index is 1.74. The van der Waals surface area contributed by atoms with Gasteiger partial charge in [-0.1, -0.05) is 96.1 Å². The zero-order valence-electron chi connectivity index (χ0n) is 16.2. The van der Waals surface area contributed by atoms with Gasteiger partial charge in [0.1, 0.15) is 13.4 Å². The summed E-state index contributed by atoms with van der Waals surface area (Å²) in [5, 5.41) is 12.0. The van der Waals surface area contributed by atoms with Crippen molar-refractivity contribution in [1.29, 1.82) is 0 Å². The molecule has 0 bridgehead atoms. The van der Waals surface area contributed by atoms with Crippen molar-refractivity contribution in [2.24, 2.45) is 0 Å². The van der Waals surface area contributed by atoms with Crippen molar-refractivity contribution in [3.05, 3.63) is 87.4 Å². The standard InChI is InChI=1S/C25H24BBrO/c1-2-3-4-5-6-17-7-9-18(10-8-17)25(28)23-15-19(26)11-13-21(23)22-14-12-20(27)16-24(22)25/h7-16,28H,2-6H2,1H3. The normalized spacial score (nSPS) is 17.4. The third-order valence-electron chi connectivity index (χ3n) is 5.79. The summed E-state index contributed by atoms with van der Waals surface area (Å²) < 4.78 is 0.956. The number of aliphatic hydroxyl groups is 1. The lowest BCUT2D eigenvalue weighted by atomic mass is 9.81. The summed E-state index contributed by atoms with van der Waals surface area (Å²) >= 11 is 3.57. The first-order chi connectivity index (χ1) is 13.5. The maximum atomic E-state index is 12.0. The highest BCUT2D eigenvalue weighted by Crippen LogP contribution is 2.51. The number of unbranched alkanes of at least 4 members (excludes halogenated alkanes) is 3. The van der Waals surface area contributed by atoms with Gasteiger partial charge in [0, 0.05) is 10.0 Å².